The number of aromatic nitrogens is 2. The Hall–Kier alpha value is -4.49. The van der Waals surface area contributed by atoms with E-state index in [9.17, 15) is 48.0 Å². The first-order valence-corrected chi connectivity index (χ1v) is 16.2. The predicted molar refractivity (Wildman–Crippen MR) is 165 cm³/mol. The van der Waals surface area contributed by atoms with Gasteiger partial charge in [-0.1, -0.05) is 26.0 Å². The number of esters is 1. The van der Waals surface area contributed by atoms with Crippen LogP contribution in [0.15, 0.2) is 30.3 Å². The molecule has 2 aromatic rings. The van der Waals surface area contributed by atoms with E-state index in [0.29, 0.717) is 16.8 Å². The zero-order valence-electron chi connectivity index (χ0n) is 26.4. The van der Waals surface area contributed by atoms with Crippen LogP contribution in [-0.2, 0) is 29.2 Å². The number of rotatable bonds is 19. The standard InChI is InChI=1S/C28H38FN5O12S/c1-17(2)26-23(27(19-8-10-20(29)11-9-19)31-28(30-26)32(4)47(5,42)43)13-12-21(35)15-22(36)16-25(37)44-14-6-7-24(46-34(40)41)18(3)45-33(38)39/h8-13,17-18,21-22,24,35-36H,6-7,14-16H2,1-5H3/b13-12+/t18?,21-,22-,24?/m1/s1. The van der Waals surface area contributed by atoms with Gasteiger partial charge in [-0.3, -0.25) is 4.79 Å². The Morgan fingerprint density at radius 3 is 2.26 bits per heavy atom. The maximum Gasteiger partial charge on any atom is 0.308 e. The van der Waals surface area contributed by atoms with Crippen LogP contribution in [0.5, 0.6) is 0 Å². The first-order valence-electron chi connectivity index (χ1n) is 14.3. The molecule has 0 aliphatic rings. The van der Waals surface area contributed by atoms with Gasteiger partial charge in [-0.15, -0.1) is 20.2 Å². The minimum absolute atomic E-state index is 0.0343. The van der Waals surface area contributed by atoms with Crippen molar-refractivity contribution in [3.05, 3.63) is 67.6 Å². The number of aliphatic hydroxyl groups excluding tert-OH is 2. The fourth-order valence-corrected chi connectivity index (χ4v) is 4.63. The van der Waals surface area contributed by atoms with Gasteiger partial charge in [-0.2, -0.15) is 0 Å². The van der Waals surface area contributed by atoms with Gasteiger partial charge in [0.2, 0.25) is 16.0 Å². The maximum absolute atomic E-state index is 13.7. The van der Waals surface area contributed by atoms with Crippen molar-refractivity contribution in [2.45, 2.75) is 76.8 Å². The van der Waals surface area contributed by atoms with Gasteiger partial charge < -0.3 is 24.6 Å². The number of nitrogens with zero attached hydrogens (tertiary/aromatic N) is 5. The van der Waals surface area contributed by atoms with Gasteiger partial charge in [-0.05, 0) is 49.9 Å². The van der Waals surface area contributed by atoms with E-state index in [1.165, 1.54) is 50.4 Å². The second kappa shape index (κ2) is 17.4. The van der Waals surface area contributed by atoms with Crippen LogP contribution in [0.3, 0.4) is 0 Å². The molecule has 2 unspecified atom stereocenters. The maximum atomic E-state index is 13.7. The lowest BCUT2D eigenvalue weighted by atomic mass is 9.97. The Balaban J connectivity index is 2.12. The highest BCUT2D eigenvalue weighted by atomic mass is 32.2. The monoisotopic (exact) mass is 687 g/mol. The van der Waals surface area contributed by atoms with E-state index in [2.05, 4.69) is 19.6 Å². The van der Waals surface area contributed by atoms with Gasteiger partial charge >= 0.3 is 5.97 Å². The highest BCUT2D eigenvalue weighted by Gasteiger charge is 2.25. The van der Waals surface area contributed by atoms with Crippen LogP contribution in [0.1, 0.15) is 63.6 Å². The molecule has 2 N–H and O–H groups in total. The van der Waals surface area contributed by atoms with Crippen LogP contribution in [0, 0.1) is 26.0 Å². The van der Waals surface area contributed by atoms with Crippen LogP contribution < -0.4 is 4.31 Å². The number of anilines is 1. The van der Waals surface area contributed by atoms with Crippen LogP contribution >= 0.6 is 0 Å². The smallest absolute Gasteiger partial charge is 0.308 e. The van der Waals surface area contributed by atoms with Crippen LogP contribution in [0.4, 0.5) is 10.3 Å². The molecule has 1 aromatic heterocycles. The van der Waals surface area contributed by atoms with E-state index in [1.54, 1.807) is 0 Å². The van der Waals surface area contributed by atoms with E-state index in [0.717, 1.165) is 10.6 Å². The molecule has 1 aromatic carbocycles. The van der Waals surface area contributed by atoms with Crippen LogP contribution in [0.2, 0.25) is 0 Å². The first-order chi connectivity index (χ1) is 21.9. The quantitative estimate of drug-likeness (QED) is 0.0935. The lowest BCUT2D eigenvalue weighted by Gasteiger charge is -2.20. The van der Waals surface area contributed by atoms with Gasteiger partial charge in [0.15, 0.2) is 0 Å². The predicted octanol–water partition coefficient (Wildman–Crippen LogP) is 2.81. The van der Waals surface area contributed by atoms with Gasteiger partial charge in [0.1, 0.15) is 18.0 Å². The number of aliphatic hydroxyl groups is 2. The van der Waals surface area contributed by atoms with E-state index in [4.69, 9.17) is 4.74 Å². The molecular formula is C28H38FN5O12S. The lowest BCUT2D eigenvalue weighted by molar-refractivity contribution is -0.798. The van der Waals surface area contributed by atoms with Crippen molar-refractivity contribution in [3.63, 3.8) is 0 Å². The van der Waals surface area contributed by atoms with Gasteiger partial charge in [0.05, 0.1) is 42.9 Å². The third kappa shape index (κ3) is 12.7. The molecule has 17 nitrogen and oxygen atoms in total. The molecule has 260 valence electrons. The Kier molecular flexibility index (Phi) is 14.4. The summed E-state index contributed by atoms with van der Waals surface area (Å²) in [5.41, 5.74) is 1.57. The molecule has 0 amide bonds. The van der Waals surface area contributed by atoms with E-state index in [-0.39, 0.29) is 43.4 Å². The van der Waals surface area contributed by atoms with Gasteiger partial charge in [0, 0.05) is 24.6 Å². The molecule has 0 aliphatic heterocycles. The van der Waals surface area contributed by atoms with Crippen molar-refractivity contribution in [3.8, 4) is 11.3 Å². The number of benzene rings is 1. The van der Waals surface area contributed by atoms with Crippen LogP contribution in [0.25, 0.3) is 17.3 Å². The minimum Gasteiger partial charge on any atom is -0.466 e. The van der Waals surface area contributed by atoms with Crippen molar-refractivity contribution in [2.75, 3.05) is 24.2 Å². The molecule has 0 spiro atoms. The molecule has 1 heterocycles. The first kappa shape index (κ1) is 38.7. The van der Waals surface area contributed by atoms with Crippen molar-refractivity contribution < 1.29 is 52.4 Å². The second-order valence-electron chi connectivity index (χ2n) is 10.8. The van der Waals surface area contributed by atoms with Crippen LogP contribution in [-0.4, -0.2) is 89.1 Å². The third-order valence-corrected chi connectivity index (χ3v) is 7.86. The summed E-state index contributed by atoms with van der Waals surface area (Å²) in [6, 6.07) is 5.36. The number of carbonyl (C=O) groups is 1. The Bertz CT molecular complexity index is 1520. The Morgan fingerprint density at radius 2 is 1.70 bits per heavy atom. The summed E-state index contributed by atoms with van der Waals surface area (Å²) in [5.74, 6) is -1.67. The highest BCUT2D eigenvalue weighted by molar-refractivity contribution is 7.92. The molecule has 19 heteroatoms. The van der Waals surface area contributed by atoms with E-state index in [1.807, 2.05) is 13.8 Å². The van der Waals surface area contributed by atoms with E-state index >= 15 is 0 Å². The average Bonchev–Trinajstić information content (AvgIpc) is 2.96. The van der Waals surface area contributed by atoms with Crippen molar-refractivity contribution in [1.29, 1.82) is 0 Å². The zero-order chi connectivity index (χ0) is 35.5. The van der Waals surface area contributed by atoms with Crippen molar-refractivity contribution >= 4 is 28.0 Å². The summed E-state index contributed by atoms with van der Waals surface area (Å²) in [6.45, 7) is 4.62. The summed E-state index contributed by atoms with van der Waals surface area (Å²) >= 11 is 0. The Labute approximate surface area is 270 Å². The summed E-state index contributed by atoms with van der Waals surface area (Å²) in [6.07, 6.45) is -2.15. The van der Waals surface area contributed by atoms with Gasteiger partial charge in [0.25, 0.3) is 10.2 Å². The molecule has 0 fully saturated rings. The Morgan fingerprint density at radius 1 is 1.09 bits per heavy atom. The lowest BCUT2D eigenvalue weighted by Crippen LogP contribution is -2.33. The number of carbonyl (C=O) groups excluding carboxylic acids is 1. The number of sulfonamides is 1. The SMILES string of the molecule is CC(C)c1nc(N(C)S(C)(=O)=O)nc(-c2ccc(F)cc2)c1/C=C/[C@@H](O)C[C@@H](O)CC(=O)OCCCC(O[N+](=O)[O-])C(C)O[N+](=O)[O-]. The van der Waals surface area contributed by atoms with Crippen molar-refractivity contribution in [2.24, 2.45) is 0 Å². The zero-order valence-corrected chi connectivity index (χ0v) is 27.2. The summed E-state index contributed by atoms with van der Waals surface area (Å²) in [7, 11) is -2.43. The molecule has 47 heavy (non-hydrogen) atoms. The average molecular weight is 688 g/mol. The molecule has 0 saturated carbocycles. The number of halogens is 1. The fraction of sp³-hybridized carbons (Fsp3) is 0.536. The number of hydrogen-bond acceptors (Lipinski definition) is 14. The molecule has 2 rings (SSSR count). The summed E-state index contributed by atoms with van der Waals surface area (Å²) < 4.78 is 44.1. The van der Waals surface area contributed by atoms with E-state index < -0.39 is 62.8 Å². The van der Waals surface area contributed by atoms with Gasteiger partial charge in [-0.25, -0.2) is 27.1 Å². The second-order valence-corrected chi connectivity index (χ2v) is 12.9. The third-order valence-electron chi connectivity index (χ3n) is 6.70. The molecule has 0 radical (unpaired) electrons. The largest absolute Gasteiger partial charge is 0.466 e. The molecular weight excluding hydrogens is 649 g/mol. The summed E-state index contributed by atoms with van der Waals surface area (Å²) in [5, 5.41) is 40.0. The highest BCUT2D eigenvalue weighted by Crippen LogP contribution is 2.32. The normalized spacial score (nSPS) is 14.3. The summed E-state index contributed by atoms with van der Waals surface area (Å²) in [4.78, 5) is 50.9. The fourth-order valence-electron chi connectivity index (χ4n) is 4.25. The molecule has 4 atom stereocenters. The minimum atomic E-state index is -3.72. The van der Waals surface area contributed by atoms with Crippen molar-refractivity contribution in [1.82, 2.24) is 9.97 Å². The number of hydrogen-bond donors (Lipinski definition) is 2. The molecule has 0 bridgehead atoms. The topological polar surface area (TPSA) is 235 Å². The molecule has 0 aliphatic carbocycles. The molecule has 0 saturated heterocycles. The number of ether oxygens (including phenoxy) is 1.